The molecule has 33 heavy (non-hydrogen) atoms. The summed E-state index contributed by atoms with van der Waals surface area (Å²) < 4.78 is 40.8. The van der Waals surface area contributed by atoms with E-state index in [1.807, 2.05) is 12.2 Å². The number of carbonyl (C=O) groups is 2. The summed E-state index contributed by atoms with van der Waals surface area (Å²) >= 11 is 0. The molecule has 1 aliphatic carbocycles. The first-order valence-corrected chi connectivity index (χ1v) is 9.93. The fourth-order valence-corrected chi connectivity index (χ4v) is 3.08. The molecule has 0 aliphatic heterocycles. The first-order chi connectivity index (χ1) is 17.0. The molecule has 0 spiro atoms. The molecule has 2 amide bonds. The summed E-state index contributed by atoms with van der Waals surface area (Å²) in [7, 11) is 1.41. The minimum Gasteiger partial charge on any atom is -0.494 e. The first-order valence-electron chi connectivity index (χ1n) is 11.4. The average molecular weight is 454 g/mol. The SMILES string of the molecule is [2H]C([2H])([2H])NC(=O)c1nnc(NC(=O)C2(C)CC2)cc1Nc1cccc(-c2ncc(F)cn2)c1OC. The lowest BCUT2D eigenvalue weighted by atomic mass is 10.1. The van der Waals surface area contributed by atoms with E-state index in [1.165, 1.54) is 13.2 Å². The zero-order valence-corrected chi connectivity index (χ0v) is 17.8. The number of rotatable bonds is 7. The van der Waals surface area contributed by atoms with Gasteiger partial charge >= 0.3 is 0 Å². The molecule has 1 aromatic carbocycles. The molecule has 1 aliphatic rings. The molecule has 3 aromatic rings. The number of halogens is 1. The van der Waals surface area contributed by atoms with E-state index < -0.39 is 24.1 Å². The molecule has 11 heteroatoms. The highest BCUT2D eigenvalue weighted by molar-refractivity contribution is 6.00. The Bertz CT molecular complexity index is 1320. The highest BCUT2D eigenvalue weighted by Gasteiger charge is 2.45. The Hall–Kier alpha value is -4.15. The molecule has 170 valence electrons. The average Bonchev–Trinajstić information content (AvgIpc) is 3.57. The molecule has 0 atom stereocenters. The van der Waals surface area contributed by atoms with Crippen LogP contribution in [-0.2, 0) is 4.79 Å². The summed E-state index contributed by atoms with van der Waals surface area (Å²) in [5, 5.41) is 15.3. The molecule has 2 heterocycles. The highest BCUT2D eigenvalue weighted by Crippen LogP contribution is 2.45. The van der Waals surface area contributed by atoms with Crippen molar-refractivity contribution in [3.8, 4) is 17.1 Å². The zero-order valence-electron chi connectivity index (χ0n) is 20.8. The van der Waals surface area contributed by atoms with Crippen LogP contribution < -0.4 is 20.7 Å². The van der Waals surface area contributed by atoms with Gasteiger partial charge in [-0.3, -0.25) is 9.59 Å². The quantitative estimate of drug-likeness (QED) is 0.497. The Morgan fingerprint density at radius 3 is 2.61 bits per heavy atom. The number of nitrogens with zero attached hydrogens (tertiary/aromatic N) is 4. The summed E-state index contributed by atoms with van der Waals surface area (Å²) in [5.41, 5.74) is 0.00318. The molecular formula is C22H22FN7O3. The van der Waals surface area contributed by atoms with E-state index in [-0.39, 0.29) is 34.7 Å². The van der Waals surface area contributed by atoms with Gasteiger partial charge in [0, 0.05) is 22.6 Å². The second-order valence-corrected chi connectivity index (χ2v) is 7.70. The largest absolute Gasteiger partial charge is 0.494 e. The monoisotopic (exact) mass is 454 g/mol. The smallest absolute Gasteiger partial charge is 0.273 e. The Morgan fingerprint density at radius 1 is 1.18 bits per heavy atom. The summed E-state index contributed by atoms with van der Waals surface area (Å²) in [6.07, 6.45) is 3.51. The number of carbonyl (C=O) groups excluding carboxylic acids is 2. The topological polar surface area (TPSA) is 131 Å². The zero-order chi connectivity index (χ0) is 26.1. The predicted octanol–water partition coefficient (Wildman–Crippen LogP) is 2.92. The van der Waals surface area contributed by atoms with Gasteiger partial charge in [-0.05, 0) is 25.0 Å². The summed E-state index contributed by atoms with van der Waals surface area (Å²) in [6.45, 7) is -0.942. The molecule has 0 saturated heterocycles. The van der Waals surface area contributed by atoms with Crippen LogP contribution in [0.25, 0.3) is 11.4 Å². The molecular weight excluding hydrogens is 429 g/mol. The maximum Gasteiger partial charge on any atom is 0.273 e. The van der Waals surface area contributed by atoms with Crippen molar-refractivity contribution in [3.05, 3.63) is 48.2 Å². The van der Waals surface area contributed by atoms with Crippen LogP contribution in [0.15, 0.2) is 36.7 Å². The van der Waals surface area contributed by atoms with Gasteiger partial charge in [0.15, 0.2) is 28.9 Å². The minimum absolute atomic E-state index is 0.0541. The van der Waals surface area contributed by atoms with Gasteiger partial charge in [-0.25, -0.2) is 14.4 Å². The number of hydrogen-bond acceptors (Lipinski definition) is 8. The molecule has 1 saturated carbocycles. The van der Waals surface area contributed by atoms with Crippen LogP contribution in [0.4, 0.5) is 21.6 Å². The molecule has 2 aromatic heterocycles. The highest BCUT2D eigenvalue weighted by atomic mass is 19.1. The number of hydrogen-bond donors (Lipinski definition) is 3. The fraction of sp³-hybridized carbons (Fsp3) is 0.273. The molecule has 1 fully saturated rings. The lowest BCUT2D eigenvalue weighted by molar-refractivity contribution is -0.120. The Morgan fingerprint density at radius 2 is 1.94 bits per heavy atom. The van der Waals surface area contributed by atoms with Gasteiger partial charge in [-0.2, -0.15) is 0 Å². The van der Waals surface area contributed by atoms with E-state index in [9.17, 15) is 14.0 Å². The van der Waals surface area contributed by atoms with Crippen LogP contribution in [0.3, 0.4) is 0 Å². The summed E-state index contributed by atoms with van der Waals surface area (Å²) in [4.78, 5) is 33.1. The third kappa shape index (κ3) is 4.56. The summed E-state index contributed by atoms with van der Waals surface area (Å²) in [5.74, 6) is -1.33. The van der Waals surface area contributed by atoms with Crippen LogP contribution in [0, 0.1) is 11.2 Å². The van der Waals surface area contributed by atoms with Gasteiger partial charge < -0.3 is 20.7 Å². The van der Waals surface area contributed by atoms with Crippen LogP contribution >= 0.6 is 0 Å². The van der Waals surface area contributed by atoms with Crippen LogP contribution in [-0.4, -0.2) is 46.1 Å². The third-order valence-electron chi connectivity index (χ3n) is 5.26. The maximum atomic E-state index is 13.3. The van der Waals surface area contributed by atoms with Gasteiger partial charge in [0.2, 0.25) is 5.91 Å². The van der Waals surface area contributed by atoms with Gasteiger partial charge in [-0.15, -0.1) is 10.2 Å². The first kappa shape index (κ1) is 18.4. The van der Waals surface area contributed by atoms with Crippen molar-refractivity contribution in [1.82, 2.24) is 25.5 Å². The van der Waals surface area contributed by atoms with Crippen LogP contribution in [0.5, 0.6) is 5.75 Å². The van der Waals surface area contributed by atoms with E-state index in [1.54, 1.807) is 18.2 Å². The van der Waals surface area contributed by atoms with Gasteiger partial charge in [0.25, 0.3) is 5.91 Å². The van der Waals surface area contributed by atoms with Gasteiger partial charge in [-0.1, -0.05) is 13.0 Å². The van der Waals surface area contributed by atoms with Crippen molar-refractivity contribution in [2.75, 3.05) is 24.7 Å². The van der Waals surface area contributed by atoms with Crippen molar-refractivity contribution >= 4 is 29.0 Å². The van der Waals surface area contributed by atoms with Crippen LogP contribution in [0.1, 0.15) is 34.4 Å². The van der Waals surface area contributed by atoms with Crippen molar-refractivity contribution in [1.29, 1.82) is 0 Å². The molecule has 0 unspecified atom stereocenters. The van der Waals surface area contributed by atoms with Crippen molar-refractivity contribution in [2.24, 2.45) is 5.41 Å². The van der Waals surface area contributed by atoms with Gasteiger partial charge in [0.05, 0.1) is 36.4 Å². The molecule has 0 radical (unpaired) electrons. The van der Waals surface area contributed by atoms with E-state index in [2.05, 4.69) is 30.8 Å². The van der Waals surface area contributed by atoms with Crippen molar-refractivity contribution in [3.63, 3.8) is 0 Å². The number of ether oxygens (including phenoxy) is 1. The lowest BCUT2D eigenvalue weighted by Gasteiger charge is -2.17. The van der Waals surface area contributed by atoms with Gasteiger partial charge in [0.1, 0.15) is 0 Å². The Balaban J connectivity index is 1.73. The number of para-hydroxylation sites is 1. The number of amides is 2. The Kier molecular flexibility index (Phi) is 4.90. The molecule has 3 N–H and O–H groups in total. The van der Waals surface area contributed by atoms with E-state index in [0.717, 1.165) is 25.2 Å². The number of aromatic nitrogens is 4. The molecule has 0 bridgehead atoms. The number of anilines is 3. The third-order valence-corrected chi connectivity index (χ3v) is 5.26. The second-order valence-electron chi connectivity index (χ2n) is 7.70. The minimum atomic E-state index is -2.76. The fourth-order valence-electron chi connectivity index (χ4n) is 3.08. The number of methoxy groups -OCH3 is 1. The van der Waals surface area contributed by atoms with Crippen molar-refractivity contribution in [2.45, 2.75) is 19.8 Å². The normalized spacial score (nSPS) is 15.4. The standard InChI is InChI=1S/C22H22FN7O3/c1-22(7-8-22)21(32)28-16-9-15(17(30-29-16)20(31)24-2)27-14-6-4-5-13(18(14)33-3)19-25-10-12(23)11-26-19/h4-6,9-11H,7-8H2,1-3H3,(H,24,31)(H2,27,28,29,32)/i2D3. The molecule has 4 rings (SSSR count). The Labute approximate surface area is 193 Å². The van der Waals surface area contributed by atoms with E-state index in [0.29, 0.717) is 11.3 Å². The number of benzene rings is 1. The number of nitrogens with one attached hydrogen (secondary N) is 3. The molecule has 10 nitrogen and oxygen atoms in total. The second kappa shape index (κ2) is 8.77. The van der Waals surface area contributed by atoms with Crippen LogP contribution in [0.2, 0.25) is 0 Å². The van der Waals surface area contributed by atoms with E-state index in [4.69, 9.17) is 8.85 Å². The lowest BCUT2D eigenvalue weighted by Crippen LogP contribution is -2.24. The maximum absolute atomic E-state index is 13.3. The van der Waals surface area contributed by atoms with Crippen molar-refractivity contribution < 1.29 is 22.8 Å². The predicted molar refractivity (Wildman–Crippen MR) is 119 cm³/mol. The summed E-state index contributed by atoms with van der Waals surface area (Å²) in [6, 6.07) is 6.30. The van der Waals surface area contributed by atoms with E-state index >= 15 is 0 Å².